The highest BCUT2D eigenvalue weighted by atomic mass is 19.1. The fourth-order valence-electron chi connectivity index (χ4n) is 2.39. The van der Waals surface area contributed by atoms with Crippen LogP contribution in [0.3, 0.4) is 0 Å². The van der Waals surface area contributed by atoms with Crippen LogP contribution >= 0.6 is 0 Å². The van der Waals surface area contributed by atoms with Crippen LogP contribution in [0.4, 0.5) is 8.78 Å². The van der Waals surface area contributed by atoms with Crippen LogP contribution in [-0.4, -0.2) is 0 Å². The van der Waals surface area contributed by atoms with Crippen molar-refractivity contribution in [1.29, 1.82) is 0 Å². The number of rotatable bonds is 6. The molecule has 3 heteroatoms. The molecule has 0 fully saturated rings. The molecule has 0 aliphatic rings. The van der Waals surface area contributed by atoms with Crippen molar-refractivity contribution in [2.75, 3.05) is 0 Å². The molecule has 112 valence electrons. The lowest BCUT2D eigenvalue weighted by molar-refractivity contribution is 0.424. The average Bonchev–Trinajstić information content (AvgIpc) is 2.45. The second-order valence-electron chi connectivity index (χ2n) is 5.71. The summed E-state index contributed by atoms with van der Waals surface area (Å²) in [5.41, 5.74) is 1.68. The Labute approximate surface area is 125 Å². The van der Waals surface area contributed by atoms with Gasteiger partial charge >= 0.3 is 0 Å². The van der Waals surface area contributed by atoms with Gasteiger partial charge in [0.2, 0.25) is 0 Å². The SMILES string of the molecule is CC(C)CC(NCc1ccc(F)cc1F)c1ccccc1. The minimum absolute atomic E-state index is 0.163. The molecule has 0 saturated heterocycles. The summed E-state index contributed by atoms with van der Waals surface area (Å²) in [5, 5.41) is 3.38. The monoisotopic (exact) mass is 289 g/mol. The van der Waals surface area contributed by atoms with Gasteiger partial charge in [0.25, 0.3) is 0 Å². The molecular weight excluding hydrogens is 268 g/mol. The van der Waals surface area contributed by atoms with Gasteiger partial charge in [-0.05, 0) is 24.0 Å². The van der Waals surface area contributed by atoms with Gasteiger partial charge < -0.3 is 5.32 Å². The molecule has 0 aromatic heterocycles. The zero-order valence-corrected chi connectivity index (χ0v) is 12.4. The lowest BCUT2D eigenvalue weighted by Gasteiger charge is -2.21. The summed E-state index contributed by atoms with van der Waals surface area (Å²) in [6.07, 6.45) is 0.965. The Morgan fingerprint density at radius 1 is 1.00 bits per heavy atom. The third-order valence-electron chi connectivity index (χ3n) is 3.46. The normalized spacial score (nSPS) is 12.6. The number of hydrogen-bond donors (Lipinski definition) is 1. The van der Waals surface area contributed by atoms with Gasteiger partial charge in [0.15, 0.2) is 0 Å². The van der Waals surface area contributed by atoms with Gasteiger partial charge in [0.05, 0.1) is 0 Å². The van der Waals surface area contributed by atoms with Crippen molar-refractivity contribution in [2.24, 2.45) is 5.92 Å². The van der Waals surface area contributed by atoms with Gasteiger partial charge in [-0.1, -0.05) is 50.2 Å². The Balaban J connectivity index is 2.09. The maximum Gasteiger partial charge on any atom is 0.130 e. The van der Waals surface area contributed by atoms with E-state index in [4.69, 9.17) is 0 Å². The minimum atomic E-state index is -0.543. The van der Waals surface area contributed by atoms with Crippen LogP contribution < -0.4 is 5.32 Å². The molecule has 0 radical (unpaired) electrons. The summed E-state index contributed by atoms with van der Waals surface area (Å²) in [6.45, 7) is 4.71. The molecule has 0 amide bonds. The Morgan fingerprint density at radius 2 is 1.71 bits per heavy atom. The molecular formula is C18H21F2N. The molecule has 0 heterocycles. The molecule has 1 atom stereocenters. The van der Waals surface area contributed by atoms with Crippen molar-refractivity contribution >= 4 is 0 Å². The number of nitrogens with one attached hydrogen (secondary N) is 1. The van der Waals surface area contributed by atoms with E-state index in [9.17, 15) is 8.78 Å². The van der Waals surface area contributed by atoms with Crippen LogP contribution in [0.25, 0.3) is 0 Å². The quantitative estimate of drug-likeness (QED) is 0.802. The predicted molar refractivity (Wildman–Crippen MR) is 81.8 cm³/mol. The van der Waals surface area contributed by atoms with Gasteiger partial charge in [-0.15, -0.1) is 0 Å². The van der Waals surface area contributed by atoms with E-state index >= 15 is 0 Å². The summed E-state index contributed by atoms with van der Waals surface area (Å²) < 4.78 is 26.6. The smallest absolute Gasteiger partial charge is 0.130 e. The van der Waals surface area contributed by atoms with Crippen molar-refractivity contribution in [3.63, 3.8) is 0 Å². The van der Waals surface area contributed by atoms with Crippen LogP contribution in [0.5, 0.6) is 0 Å². The molecule has 1 N–H and O–H groups in total. The molecule has 1 unspecified atom stereocenters. The van der Waals surface area contributed by atoms with E-state index in [1.807, 2.05) is 18.2 Å². The first-order valence-corrected chi connectivity index (χ1v) is 7.28. The first-order valence-electron chi connectivity index (χ1n) is 7.28. The largest absolute Gasteiger partial charge is 0.306 e. The maximum absolute atomic E-state index is 13.7. The van der Waals surface area contributed by atoms with E-state index in [1.54, 1.807) is 0 Å². The summed E-state index contributed by atoms with van der Waals surface area (Å²) in [4.78, 5) is 0. The summed E-state index contributed by atoms with van der Waals surface area (Å²) >= 11 is 0. The molecule has 2 rings (SSSR count). The number of benzene rings is 2. The van der Waals surface area contributed by atoms with E-state index in [1.165, 1.54) is 17.7 Å². The minimum Gasteiger partial charge on any atom is -0.306 e. The zero-order chi connectivity index (χ0) is 15.2. The van der Waals surface area contributed by atoms with Gasteiger partial charge in [-0.3, -0.25) is 0 Å². The standard InChI is InChI=1S/C18H21F2N/c1-13(2)10-18(14-6-4-3-5-7-14)21-12-15-8-9-16(19)11-17(15)20/h3-9,11,13,18,21H,10,12H2,1-2H3. The third-order valence-corrected chi connectivity index (χ3v) is 3.46. The molecule has 0 bridgehead atoms. The van der Waals surface area contributed by atoms with E-state index < -0.39 is 11.6 Å². The Bertz CT molecular complexity index is 567. The van der Waals surface area contributed by atoms with E-state index in [0.29, 0.717) is 18.0 Å². The van der Waals surface area contributed by atoms with Crippen LogP contribution in [0.1, 0.15) is 37.4 Å². The number of hydrogen-bond acceptors (Lipinski definition) is 1. The van der Waals surface area contributed by atoms with Crippen LogP contribution in [0, 0.1) is 17.6 Å². The fraction of sp³-hybridized carbons (Fsp3) is 0.333. The highest BCUT2D eigenvalue weighted by Gasteiger charge is 2.13. The lowest BCUT2D eigenvalue weighted by atomic mass is 9.97. The third kappa shape index (κ3) is 4.64. The van der Waals surface area contributed by atoms with Gasteiger partial charge in [0.1, 0.15) is 11.6 Å². The van der Waals surface area contributed by atoms with Gasteiger partial charge in [-0.25, -0.2) is 8.78 Å². The lowest BCUT2D eigenvalue weighted by Crippen LogP contribution is -2.23. The molecule has 0 aliphatic carbocycles. The van der Waals surface area contributed by atoms with E-state index in [2.05, 4.69) is 31.3 Å². The van der Waals surface area contributed by atoms with Crippen molar-refractivity contribution < 1.29 is 8.78 Å². The molecule has 21 heavy (non-hydrogen) atoms. The maximum atomic E-state index is 13.7. The van der Waals surface area contributed by atoms with Gasteiger partial charge in [0, 0.05) is 24.2 Å². The molecule has 2 aromatic rings. The molecule has 0 spiro atoms. The fourth-order valence-corrected chi connectivity index (χ4v) is 2.39. The molecule has 0 saturated carbocycles. The highest BCUT2D eigenvalue weighted by molar-refractivity contribution is 5.21. The first-order chi connectivity index (χ1) is 10.1. The van der Waals surface area contributed by atoms with Crippen LogP contribution in [-0.2, 0) is 6.54 Å². The average molecular weight is 289 g/mol. The van der Waals surface area contributed by atoms with Crippen LogP contribution in [0.2, 0.25) is 0 Å². The Morgan fingerprint density at radius 3 is 2.33 bits per heavy atom. The Kier molecular flexibility index (Phi) is 5.45. The second-order valence-corrected chi connectivity index (χ2v) is 5.71. The van der Waals surface area contributed by atoms with Crippen LogP contribution in [0.15, 0.2) is 48.5 Å². The predicted octanol–water partition coefficient (Wildman–Crippen LogP) is 4.84. The highest BCUT2D eigenvalue weighted by Crippen LogP contribution is 2.22. The number of halogens is 2. The second kappa shape index (κ2) is 7.32. The molecule has 0 aliphatic heterocycles. The van der Waals surface area contributed by atoms with Crippen molar-refractivity contribution in [3.05, 3.63) is 71.3 Å². The Hall–Kier alpha value is -1.74. The zero-order valence-electron chi connectivity index (χ0n) is 12.4. The molecule has 1 nitrogen and oxygen atoms in total. The summed E-state index contributed by atoms with van der Waals surface area (Å²) in [7, 11) is 0. The van der Waals surface area contributed by atoms with Crippen molar-refractivity contribution in [2.45, 2.75) is 32.9 Å². The molecule has 2 aromatic carbocycles. The topological polar surface area (TPSA) is 12.0 Å². The van der Waals surface area contributed by atoms with Crippen molar-refractivity contribution in [1.82, 2.24) is 5.32 Å². The first kappa shape index (κ1) is 15.6. The van der Waals surface area contributed by atoms with E-state index in [-0.39, 0.29) is 6.04 Å². The van der Waals surface area contributed by atoms with Crippen molar-refractivity contribution in [3.8, 4) is 0 Å². The van der Waals surface area contributed by atoms with E-state index in [0.717, 1.165) is 12.5 Å². The summed E-state index contributed by atoms with van der Waals surface area (Å²) in [6, 6.07) is 14.0. The van der Waals surface area contributed by atoms with Gasteiger partial charge in [-0.2, -0.15) is 0 Å². The summed E-state index contributed by atoms with van der Waals surface area (Å²) in [5.74, 6) is -0.516.